The molecule has 0 saturated heterocycles. The quantitative estimate of drug-likeness (QED) is 0.195. The van der Waals surface area contributed by atoms with Gasteiger partial charge in [-0.1, -0.05) is 35.9 Å². The third-order valence-corrected chi connectivity index (χ3v) is 10.0. The van der Waals surface area contributed by atoms with Crippen LogP contribution in [0.2, 0.25) is 0 Å². The standard InChI is InChI=1S/C26H25N2O5PS/c1-16-5-11-19(12-6-16)34(31,32-2)28-21-15-24(35-25(21)26(29)30)18-9-7-17(8-10-18)23-14-20-22(33-23)4-3-13-27-20/h3-5,7-10,13-15,19H,6,11-12H2,1-2H3,(H,28,31)(H,29,30). The van der Waals surface area contributed by atoms with Crippen LogP contribution in [0, 0.1) is 0 Å². The molecule has 2 atom stereocenters. The van der Waals surface area contributed by atoms with Crippen LogP contribution in [-0.2, 0) is 9.09 Å². The zero-order chi connectivity index (χ0) is 24.6. The number of carboxylic acid groups (broad SMARTS) is 1. The number of pyridine rings is 1. The molecule has 180 valence electrons. The molecule has 35 heavy (non-hydrogen) atoms. The van der Waals surface area contributed by atoms with Gasteiger partial charge in [0.1, 0.15) is 16.2 Å². The molecule has 1 aliphatic carbocycles. The van der Waals surface area contributed by atoms with Crippen LogP contribution in [0.4, 0.5) is 5.69 Å². The smallest absolute Gasteiger partial charge is 0.348 e. The summed E-state index contributed by atoms with van der Waals surface area (Å²) >= 11 is 1.14. The van der Waals surface area contributed by atoms with Crippen molar-refractivity contribution in [3.8, 4) is 21.8 Å². The Morgan fingerprint density at radius 1 is 1.23 bits per heavy atom. The number of rotatable bonds is 7. The molecule has 1 aromatic carbocycles. The second-order valence-corrected chi connectivity index (χ2v) is 12.2. The van der Waals surface area contributed by atoms with Crippen LogP contribution in [-0.4, -0.2) is 28.8 Å². The van der Waals surface area contributed by atoms with Crippen LogP contribution in [0.15, 0.2) is 70.8 Å². The molecule has 0 bridgehead atoms. The van der Waals surface area contributed by atoms with Gasteiger partial charge in [-0.15, -0.1) is 11.3 Å². The molecule has 0 aliphatic heterocycles. The maximum atomic E-state index is 13.6. The Morgan fingerprint density at radius 3 is 2.66 bits per heavy atom. The molecule has 9 heteroatoms. The van der Waals surface area contributed by atoms with E-state index in [0.717, 1.165) is 51.3 Å². The maximum absolute atomic E-state index is 13.6. The first-order valence-electron chi connectivity index (χ1n) is 11.3. The molecular formula is C26H25N2O5PS. The van der Waals surface area contributed by atoms with E-state index in [2.05, 4.69) is 23.1 Å². The van der Waals surface area contributed by atoms with Gasteiger partial charge in [0, 0.05) is 29.8 Å². The van der Waals surface area contributed by atoms with Crippen LogP contribution in [0.5, 0.6) is 0 Å². The third kappa shape index (κ3) is 4.69. The lowest BCUT2D eigenvalue weighted by atomic mass is 10.0. The normalized spacial score (nSPS) is 17.7. The van der Waals surface area contributed by atoms with Crippen molar-refractivity contribution in [2.75, 3.05) is 12.2 Å². The molecule has 1 aliphatic rings. The van der Waals surface area contributed by atoms with E-state index in [1.54, 1.807) is 12.3 Å². The van der Waals surface area contributed by atoms with E-state index in [1.165, 1.54) is 12.7 Å². The van der Waals surface area contributed by atoms with Crippen molar-refractivity contribution < 1.29 is 23.4 Å². The first-order valence-corrected chi connectivity index (χ1v) is 13.8. The van der Waals surface area contributed by atoms with Crippen molar-refractivity contribution in [2.24, 2.45) is 0 Å². The van der Waals surface area contributed by atoms with Gasteiger partial charge in [-0.2, -0.15) is 0 Å². The molecule has 0 spiro atoms. The molecular weight excluding hydrogens is 483 g/mol. The molecule has 0 saturated carbocycles. The van der Waals surface area contributed by atoms with Crippen molar-refractivity contribution in [2.45, 2.75) is 31.8 Å². The second-order valence-electron chi connectivity index (χ2n) is 8.60. The summed E-state index contributed by atoms with van der Waals surface area (Å²) < 4.78 is 25.0. The van der Waals surface area contributed by atoms with E-state index in [9.17, 15) is 14.5 Å². The molecule has 3 aromatic heterocycles. The number of allylic oxidation sites excluding steroid dienone is 2. The molecule has 4 aromatic rings. The minimum Gasteiger partial charge on any atom is -0.477 e. The van der Waals surface area contributed by atoms with Crippen LogP contribution in [0.3, 0.4) is 0 Å². The Hall–Kier alpha value is -3.19. The summed E-state index contributed by atoms with van der Waals surface area (Å²) in [7, 11) is -1.89. The summed E-state index contributed by atoms with van der Waals surface area (Å²) in [5.74, 6) is -0.361. The zero-order valence-corrected chi connectivity index (χ0v) is 21.1. The fourth-order valence-corrected chi connectivity index (χ4v) is 7.27. The van der Waals surface area contributed by atoms with E-state index >= 15 is 0 Å². The highest BCUT2D eigenvalue weighted by molar-refractivity contribution is 7.61. The fraction of sp³-hybridized carbons (Fsp3) is 0.231. The predicted octanol–water partition coefficient (Wildman–Crippen LogP) is 7.67. The van der Waals surface area contributed by atoms with Gasteiger partial charge in [0.15, 0.2) is 5.58 Å². The van der Waals surface area contributed by atoms with Crippen molar-refractivity contribution in [3.05, 3.63) is 71.3 Å². The zero-order valence-electron chi connectivity index (χ0n) is 19.4. The van der Waals surface area contributed by atoms with Gasteiger partial charge in [0.2, 0.25) is 0 Å². The van der Waals surface area contributed by atoms with Gasteiger partial charge in [-0.05, 0) is 49.9 Å². The average Bonchev–Trinajstić information content (AvgIpc) is 3.49. The minimum atomic E-state index is -3.30. The van der Waals surface area contributed by atoms with Crippen LogP contribution < -0.4 is 5.09 Å². The number of anilines is 1. The van der Waals surface area contributed by atoms with Gasteiger partial charge in [-0.3, -0.25) is 9.55 Å². The Morgan fingerprint density at radius 2 is 2.00 bits per heavy atom. The molecule has 7 nitrogen and oxygen atoms in total. The molecule has 2 N–H and O–H groups in total. The summed E-state index contributed by atoms with van der Waals surface area (Å²) in [6.07, 6.45) is 6.04. The number of thiophene rings is 1. The van der Waals surface area contributed by atoms with Crippen molar-refractivity contribution in [1.82, 2.24) is 4.98 Å². The van der Waals surface area contributed by atoms with Crippen molar-refractivity contribution >= 4 is 41.6 Å². The number of benzene rings is 1. The number of furan rings is 1. The first-order chi connectivity index (χ1) is 16.9. The number of fused-ring (bicyclic) bond motifs is 1. The van der Waals surface area contributed by atoms with E-state index in [0.29, 0.717) is 17.9 Å². The molecule has 3 heterocycles. The van der Waals surface area contributed by atoms with Gasteiger partial charge < -0.3 is 19.1 Å². The summed E-state index contributed by atoms with van der Waals surface area (Å²) in [6.45, 7) is 2.06. The summed E-state index contributed by atoms with van der Waals surface area (Å²) in [6, 6.07) is 15.0. The van der Waals surface area contributed by atoms with Crippen molar-refractivity contribution in [3.63, 3.8) is 0 Å². The van der Waals surface area contributed by atoms with E-state index in [-0.39, 0.29) is 10.5 Å². The number of carbonyl (C=O) groups is 1. The van der Waals surface area contributed by atoms with Gasteiger partial charge >= 0.3 is 5.97 Å². The average molecular weight is 509 g/mol. The molecule has 0 radical (unpaired) electrons. The lowest BCUT2D eigenvalue weighted by molar-refractivity contribution is 0.0703. The Bertz CT molecular complexity index is 1440. The monoisotopic (exact) mass is 508 g/mol. The summed E-state index contributed by atoms with van der Waals surface area (Å²) in [5, 5.41) is 12.8. The Kier molecular flexibility index (Phi) is 6.36. The Balaban J connectivity index is 1.43. The summed E-state index contributed by atoms with van der Waals surface area (Å²) in [5.41, 5.74) is 4.66. The number of nitrogens with zero attached hydrogens (tertiary/aromatic N) is 1. The van der Waals surface area contributed by atoms with E-state index < -0.39 is 13.5 Å². The predicted molar refractivity (Wildman–Crippen MR) is 139 cm³/mol. The fourth-order valence-electron chi connectivity index (χ4n) is 4.30. The molecule has 0 fully saturated rings. The van der Waals surface area contributed by atoms with Crippen LogP contribution in [0.25, 0.3) is 32.9 Å². The van der Waals surface area contributed by atoms with E-state index in [1.807, 2.05) is 42.5 Å². The summed E-state index contributed by atoms with van der Waals surface area (Å²) in [4.78, 5) is 17.2. The maximum Gasteiger partial charge on any atom is 0.348 e. The van der Waals surface area contributed by atoms with Gasteiger partial charge in [-0.25, -0.2) is 4.79 Å². The first kappa shape index (κ1) is 23.5. The highest BCUT2D eigenvalue weighted by atomic mass is 32.1. The van der Waals surface area contributed by atoms with Crippen LogP contribution in [0.1, 0.15) is 35.9 Å². The number of aromatic carboxylic acids is 1. The Labute approximate surface area is 207 Å². The molecule has 2 unspecified atom stereocenters. The SMILES string of the molecule is COP(=O)(Nc1cc(-c2ccc(-c3cc4ncccc4o3)cc2)sc1C(=O)O)C1CC=C(C)CC1. The van der Waals surface area contributed by atoms with Gasteiger partial charge in [0.25, 0.3) is 7.52 Å². The third-order valence-electron chi connectivity index (χ3n) is 6.31. The van der Waals surface area contributed by atoms with E-state index in [4.69, 9.17) is 8.94 Å². The second kappa shape index (κ2) is 9.46. The molecule has 0 amide bonds. The van der Waals surface area contributed by atoms with Gasteiger partial charge in [0.05, 0.1) is 11.3 Å². The lowest BCUT2D eigenvalue weighted by Gasteiger charge is -2.29. The largest absolute Gasteiger partial charge is 0.477 e. The lowest BCUT2D eigenvalue weighted by Crippen LogP contribution is -2.18. The minimum absolute atomic E-state index is 0.104. The highest BCUT2D eigenvalue weighted by Crippen LogP contribution is 2.56. The number of hydrogen-bond acceptors (Lipinski definition) is 6. The van der Waals surface area contributed by atoms with Crippen molar-refractivity contribution in [1.29, 1.82) is 0 Å². The highest BCUT2D eigenvalue weighted by Gasteiger charge is 2.35. The van der Waals surface area contributed by atoms with Crippen LogP contribution >= 0.6 is 18.9 Å². The molecule has 5 rings (SSSR count). The topological polar surface area (TPSA) is 102 Å². The number of carboxylic acids is 1. The number of aromatic nitrogens is 1. The number of hydrogen-bond donors (Lipinski definition) is 2. The number of nitrogens with one attached hydrogen (secondary N) is 1.